The Balaban J connectivity index is 1.91. The van der Waals surface area contributed by atoms with E-state index in [1.165, 1.54) is 16.7 Å². The molecule has 0 aromatic heterocycles. The Labute approximate surface area is 136 Å². The molecule has 0 bridgehead atoms. The van der Waals surface area contributed by atoms with Crippen LogP contribution >= 0.6 is 11.6 Å². The molecule has 4 heteroatoms. The summed E-state index contributed by atoms with van der Waals surface area (Å²) >= 11 is 5.92. The number of carbonyl (C=O) groups is 1. The van der Waals surface area contributed by atoms with Crippen molar-refractivity contribution in [3.8, 4) is 0 Å². The average molecular weight is 318 g/mol. The van der Waals surface area contributed by atoms with Gasteiger partial charge in [0.05, 0.1) is 7.05 Å². The van der Waals surface area contributed by atoms with Gasteiger partial charge in [-0.3, -0.25) is 4.79 Å². The largest absolute Gasteiger partial charge is 0.326 e. The number of anilines is 1. The first-order valence-corrected chi connectivity index (χ1v) is 7.74. The van der Waals surface area contributed by atoms with E-state index in [9.17, 15) is 4.79 Å². The third-order valence-electron chi connectivity index (χ3n) is 3.56. The second-order valence-electron chi connectivity index (χ2n) is 5.80. The number of halogens is 1. The number of amides is 1. The summed E-state index contributed by atoms with van der Waals surface area (Å²) in [4.78, 5) is 13.2. The highest BCUT2D eigenvalue weighted by atomic mass is 35.5. The molecule has 1 atom stereocenters. The summed E-state index contributed by atoms with van der Waals surface area (Å²) in [6, 6.07) is 13.6. The third kappa shape index (κ3) is 4.86. The number of likely N-dealkylation sites (N-methyl/N-ethyl adjacent to an activating group) is 1. The minimum atomic E-state index is -0.00969. The van der Waals surface area contributed by atoms with Crippen LogP contribution in [0, 0.1) is 13.8 Å². The monoisotopic (exact) mass is 317 g/mol. The summed E-state index contributed by atoms with van der Waals surface area (Å²) in [5.41, 5.74) is 4.54. The third-order valence-corrected chi connectivity index (χ3v) is 3.80. The number of hydrogen-bond acceptors (Lipinski definition) is 1. The number of hydrogen-bond donors (Lipinski definition) is 2. The van der Waals surface area contributed by atoms with Gasteiger partial charge in [-0.2, -0.15) is 0 Å². The van der Waals surface area contributed by atoms with Gasteiger partial charge in [-0.1, -0.05) is 41.4 Å². The minimum Gasteiger partial charge on any atom is -0.326 e. The molecule has 0 spiro atoms. The van der Waals surface area contributed by atoms with Gasteiger partial charge in [0, 0.05) is 16.3 Å². The van der Waals surface area contributed by atoms with Gasteiger partial charge in [-0.25, -0.2) is 0 Å². The van der Waals surface area contributed by atoms with Crippen molar-refractivity contribution < 1.29 is 9.69 Å². The second-order valence-corrected chi connectivity index (χ2v) is 6.24. The maximum atomic E-state index is 12.1. The van der Waals surface area contributed by atoms with Gasteiger partial charge in [-0.15, -0.1) is 0 Å². The van der Waals surface area contributed by atoms with Crippen LogP contribution in [-0.4, -0.2) is 19.5 Å². The molecule has 0 aliphatic rings. The van der Waals surface area contributed by atoms with Gasteiger partial charge in [0.1, 0.15) is 6.54 Å². The van der Waals surface area contributed by atoms with Crippen LogP contribution in [0.15, 0.2) is 42.5 Å². The van der Waals surface area contributed by atoms with Gasteiger partial charge >= 0.3 is 0 Å². The summed E-state index contributed by atoms with van der Waals surface area (Å²) < 4.78 is 0. The van der Waals surface area contributed by atoms with E-state index < -0.39 is 0 Å². The zero-order chi connectivity index (χ0) is 16.1. The van der Waals surface area contributed by atoms with Crippen LogP contribution in [0.5, 0.6) is 0 Å². The fourth-order valence-electron chi connectivity index (χ4n) is 2.48. The molecule has 1 unspecified atom stereocenters. The molecular weight excluding hydrogens is 296 g/mol. The molecule has 2 rings (SSSR count). The summed E-state index contributed by atoms with van der Waals surface area (Å²) in [7, 11) is 2.02. The van der Waals surface area contributed by atoms with Crippen LogP contribution in [0.1, 0.15) is 16.7 Å². The van der Waals surface area contributed by atoms with Gasteiger partial charge in [0.25, 0.3) is 5.91 Å². The van der Waals surface area contributed by atoms with Gasteiger partial charge in [0.2, 0.25) is 0 Å². The van der Waals surface area contributed by atoms with E-state index in [1.54, 1.807) is 12.1 Å². The minimum absolute atomic E-state index is 0.00969. The predicted molar refractivity (Wildman–Crippen MR) is 91.5 cm³/mol. The van der Waals surface area contributed by atoms with E-state index in [-0.39, 0.29) is 5.91 Å². The molecule has 0 aliphatic carbocycles. The molecule has 116 valence electrons. The topological polar surface area (TPSA) is 33.5 Å². The fraction of sp³-hybridized carbons (Fsp3) is 0.278. The lowest BCUT2D eigenvalue weighted by atomic mass is 10.1. The van der Waals surface area contributed by atoms with E-state index in [2.05, 4.69) is 37.4 Å². The number of aryl methyl sites for hydroxylation is 2. The molecule has 2 aromatic rings. The lowest BCUT2D eigenvalue weighted by molar-refractivity contribution is -0.885. The van der Waals surface area contributed by atoms with E-state index in [0.29, 0.717) is 11.6 Å². The average Bonchev–Trinajstić information content (AvgIpc) is 2.41. The van der Waals surface area contributed by atoms with Gasteiger partial charge in [-0.05, 0) is 37.6 Å². The standard InChI is InChI=1S/C18H21ClN2O/c1-13-7-8-15(14(2)9-13)11-21(3)12-18(22)20-17-6-4-5-16(19)10-17/h4-10H,11-12H2,1-3H3,(H,20,22)/p+1. The molecule has 0 aliphatic heterocycles. The predicted octanol–water partition coefficient (Wildman–Crippen LogP) is 2.61. The second kappa shape index (κ2) is 7.43. The van der Waals surface area contributed by atoms with Gasteiger partial charge < -0.3 is 10.2 Å². The van der Waals surface area contributed by atoms with Crippen LogP contribution in [0.25, 0.3) is 0 Å². The first-order valence-electron chi connectivity index (χ1n) is 7.37. The van der Waals surface area contributed by atoms with Crippen molar-refractivity contribution in [3.05, 3.63) is 64.2 Å². The van der Waals surface area contributed by atoms with E-state index in [0.717, 1.165) is 17.1 Å². The van der Waals surface area contributed by atoms with Crippen LogP contribution in [-0.2, 0) is 11.3 Å². The number of rotatable bonds is 5. The normalized spacial score (nSPS) is 12.0. The highest BCUT2D eigenvalue weighted by molar-refractivity contribution is 6.30. The Hall–Kier alpha value is -1.84. The van der Waals surface area contributed by atoms with Crippen molar-refractivity contribution in [3.63, 3.8) is 0 Å². The molecule has 2 aromatic carbocycles. The Bertz CT molecular complexity index is 670. The Morgan fingerprint density at radius 2 is 1.95 bits per heavy atom. The summed E-state index contributed by atoms with van der Waals surface area (Å²) in [6.07, 6.45) is 0. The maximum absolute atomic E-state index is 12.1. The van der Waals surface area contributed by atoms with E-state index >= 15 is 0 Å². The maximum Gasteiger partial charge on any atom is 0.279 e. The van der Waals surface area contributed by atoms with E-state index in [4.69, 9.17) is 11.6 Å². The zero-order valence-electron chi connectivity index (χ0n) is 13.2. The number of nitrogens with one attached hydrogen (secondary N) is 2. The first kappa shape index (κ1) is 16.5. The molecule has 0 radical (unpaired) electrons. The van der Waals surface area contributed by atoms with Crippen molar-refractivity contribution >= 4 is 23.2 Å². The van der Waals surface area contributed by atoms with Crippen molar-refractivity contribution in [2.45, 2.75) is 20.4 Å². The highest BCUT2D eigenvalue weighted by Crippen LogP contribution is 2.14. The number of benzene rings is 2. The Kier molecular flexibility index (Phi) is 5.58. The molecule has 22 heavy (non-hydrogen) atoms. The van der Waals surface area contributed by atoms with Crippen molar-refractivity contribution in [2.24, 2.45) is 0 Å². The van der Waals surface area contributed by atoms with Crippen molar-refractivity contribution in [1.82, 2.24) is 0 Å². The molecule has 0 fully saturated rings. The lowest BCUT2D eigenvalue weighted by Gasteiger charge is -2.15. The SMILES string of the molecule is Cc1ccc(C[NH+](C)CC(=O)Nc2cccc(Cl)c2)c(C)c1. The van der Waals surface area contributed by atoms with Gasteiger partial charge in [0.15, 0.2) is 6.54 Å². The summed E-state index contributed by atoms with van der Waals surface area (Å²) in [5, 5.41) is 3.50. The Morgan fingerprint density at radius 3 is 2.64 bits per heavy atom. The molecule has 3 nitrogen and oxygen atoms in total. The number of carbonyl (C=O) groups excluding carboxylic acids is 1. The summed E-state index contributed by atoms with van der Waals surface area (Å²) in [6.45, 7) is 5.45. The number of quaternary nitrogens is 1. The van der Waals surface area contributed by atoms with Crippen LogP contribution < -0.4 is 10.2 Å². The summed E-state index contributed by atoms with van der Waals surface area (Å²) in [5.74, 6) is -0.00969. The van der Waals surface area contributed by atoms with Crippen LogP contribution in [0.3, 0.4) is 0 Å². The van der Waals surface area contributed by atoms with E-state index in [1.807, 2.05) is 19.2 Å². The van der Waals surface area contributed by atoms with Crippen LogP contribution in [0.2, 0.25) is 5.02 Å². The highest BCUT2D eigenvalue weighted by Gasteiger charge is 2.12. The fourth-order valence-corrected chi connectivity index (χ4v) is 2.67. The quantitative estimate of drug-likeness (QED) is 0.873. The molecule has 1 amide bonds. The molecule has 0 saturated carbocycles. The molecular formula is C18H22ClN2O+. The smallest absolute Gasteiger partial charge is 0.279 e. The van der Waals surface area contributed by atoms with Crippen molar-refractivity contribution in [2.75, 3.05) is 18.9 Å². The Morgan fingerprint density at radius 1 is 1.18 bits per heavy atom. The lowest BCUT2D eigenvalue weighted by Crippen LogP contribution is -3.08. The molecule has 0 saturated heterocycles. The zero-order valence-corrected chi connectivity index (χ0v) is 14.0. The molecule has 2 N–H and O–H groups in total. The van der Waals surface area contributed by atoms with Crippen molar-refractivity contribution in [1.29, 1.82) is 0 Å². The van der Waals surface area contributed by atoms with Crippen LogP contribution in [0.4, 0.5) is 5.69 Å². The molecule has 0 heterocycles. The first-order chi connectivity index (χ1) is 10.4.